The van der Waals surface area contributed by atoms with Crippen LogP contribution in [0.4, 0.5) is 4.39 Å². The fourth-order valence-electron chi connectivity index (χ4n) is 3.10. The number of halogens is 1. The van der Waals surface area contributed by atoms with E-state index in [0.717, 1.165) is 36.2 Å². The summed E-state index contributed by atoms with van der Waals surface area (Å²) in [5.74, 6) is -0.0668. The first-order valence-corrected chi connectivity index (χ1v) is 7.94. The normalized spacial score (nSPS) is 17.8. The van der Waals surface area contributed by atoms with Gasteiger partial charge in [-0.3, -0.25) is 4.79 Å². The molecule has 23 heavy (non-hydrogen) atoms. The minimum absolute atomic E-state index is 0.0108. The third-order valence-electron chi connectivity index (χ3n) is 4.41. The number of Topliss-reactive ketones (excluding diaryl/α,β-unsaturated/α-hetero) is 1. The van der Waals surface area contributed by atoms with Crippen LogP contribution < -0.4 is 0 Å². The summed E-state index contributed by atoms with van der Waals surface area (Å²) in [6, 6.07) is 15.8. The molecule has 0 aliphatic carbocycles. The van der Waals surface area contributed by atoms with E-state index in [4.69, 9.17) is 0 Å². The fraction of sp³-hybridized carbons (Fsp3) is 0.250. The first-order chi connectivity index (χ1) is 11.1. The zero-order valence-corrected chi connectivity index (χ0v) is 13.0. The summed E-state index contributed by atoms with van der Waals surface area (Å²) in [4.78, 5) is 14.8. The number of hydrogen-bond acceptors (Lipinski definition) is 2. The molecule has 0 saturated carbocycles. The van der Waals surface area contributed by atoms with Gasteiger partial charge in [0.05, 0.1) is 0 Å². The van der Waals surface area contributed by atoms with Gasteiger partial charge in [-0.25, -0.2) is 4.39 Å². The van der Waals surface area contributed by atoms with E-state index >= 15 is 0 Å². The van der Waals surface area contributed by atoms with E-state index in [-0.39, 0.29) is 17.5 Å². The topological polar surface area (TPSA) is 20.3 Å². The molecule has 0 N–H and O–H groups in total. The molecular weight excluding hydrogens is 289 g/mol. The van der Waals surface area contributed by atoms with Crippen LogP contribution in [-0.4, -0.2) is 23.8 Å². The smallest absolute Gasteiger partial charge is 0.167 e. The lowest BCUT2D eigenvalue weighted by Gasteiger charge is -2.35. The zero-order chi connectivity index (χ0) is 16.2. The molecule has 1 saturated heterocycles. The van der Waals surface area contributed by atoms with Gasteiger partial charge in [-0.15, -0.1) is 0 Å². The number of carbonyl (C=O) groups excluding carboxylic acids is 1. The number of rotatable bonds is 4. The minimum atomic E-state index is -0.252. The maximum absolute atomic E-state index is 13.1. The van der Waals surface area contributed by atoms with Crippen LogP contribution in [-0.2, 0) is 0 Å². The molecule has 2 aromatic rings. The highest BCUT2D eigenvalue weighted by Crippen LogP contribution is 2.27. The van der Waals surface area contributed by atoms with Crippen molar-refractivity contribution in [2.24, 2.45) is 5.92 Å². The zero-order valence-electron chi connectivity index (χ0n) is 13.0. The predicted molar refractivity (Wildman–Crippen MR) is 90.5 cm³/mol. The maximum atomic E-state index is 13.1. The molecule has 118 valence electrons. The lowest BCUT2D eigenvalue weighted by Crippen LogP contribution is -2.37. The molecular formula is C20H20FNO. The summed E-state index contributed by atoms with van der Waals surface area (Å²) in [6.07, 6.45) is 1.87. The first kappa shape index (κ1) is 15.5. The Morgan fingerprint density at radius 1 is 1.04 bits per heavy atom. The molecule has 0 bridgehead atoms. The van der Waals surface area contributed by atoms with E-state index in [9.17, 15) is 9.18 Å². The maximum Gasteiger partial charge on any atom is 0.167 e. The van der Waals surface area contributed by atoms with Crippen molar-refractivity contribution in [3.05, 3.63) is 78.1 Å². The van der Waals surface area contributed by atoms with E-state index in [1.165, 1.54) is 12.1 Å². The lowest BCUT2D eigenvalue weighted by molar-refractivity contribution is 0.0862. The molecule has 2 nitrogen and oxygen atoms in total. The van der Waals surface area contributed by atoms with Gasteiger partial charge in [0.25, 0.3) is 0 Å². The molecule has 0 aromatic heterocycles. The van der Waals surface area contributed by atoms with Gasteiger partial charge in [0.2, 0.25) is 0 Å². The second-order valence-electron chi connectivity index (χ2n) is 5.97. The van der Waals surface area contributed by atoms with Crippen molar-refractivity contribution < 1.29 is 9.18 Å². The Bertz CT molecular complexity index is 693. The quantitative estimate of drug-likeness (QED) is 0.781. The second kappa shape index (κ2) is 6.78. The average molecular weight is 309 g/mol. The van der Waals surface area contributed by atoms with Gasteiger partial charge in [0.15, 0.2) is 5.78 Å². The number of likely N-dealkylation sites (tertiary alicyclic amines) is 1. The molecule has 0 amide bonds. The summed E-state index contributed by atoms with van der Waals surface area (Å²) in [6.45, 7) is 5.69. The number of carbonyl (C=O) groups is 1. The molecule has 2 aromatic carbocycles. The summed E-state index contributed by atoms with van der Waals surface area (Å²) in [5, 5.41) is 0. The summed E-state index contributed by atoms with van der Waals surface area (Å²) >= 11 is 0. The summed E-state index contributed by atoms with van der Waals surface area (Å²) in [5.41, 5.74) is 2.53. The second-order valence-corrected chi connectivity index (χ2v) is 5.97. The number of ketones is 1. The number of nitrogens with zero attached hydrogens (tertiary/aromatic N) is 1. The highest BCUT2D eigenvalue weighted by Gasteiger charge is 2.27. The molecule has 1 fully saturated rings. The van der Waals surface area contributed by atoms with Gasteiger partial charge in [0, 0.05) is 30.3 Å². The first-order valence-electron chi connectivity index (χ1n) is 7.94. The average Bonchev–Trinajstić information content (AvgIpc) is 2.62. The molecule has 3 rings (SSSR count). The van der Waals surface area contributed by atoms with Gasteiger partial charge in [-0.2, -0.15) is 0 Å². The van der Waals surface area contributed by atoms with Crippen LogP contribution in [0.2, 0.25) is 0 Å². The van der Waals surface area contributed by atoms with Crippen LogP contribution in [0.3, 0.4) is 0 Å². The lowest BCUT2D eigenvalue weighted by atomic mass is 9.89. The van der Waals surface area contributed by atoms with E-state index in [1.54, 1.807) is 12.1 Å². The number of benzene rings is 2. The highest BCUT2D eigenvalue weighted by atomic mass is 19.1. The van der Waals surface area contributed by atoms with E-state index < -0.39 is 0 Å². The van der Waals surface area contributed by atoms with Crippen molar-refractivity contribution in [3.63, 3.8) is 0 Å². The van der Waals surface area contributed by atoms with Crippen LogP contribution in [0.15, 0.2) is 61.2 Å². The Balaban J connectivity index is 1.72. The van der Waals surface area contributed by atoms with E-state index in [0.29, 0.717) is 6.54 Å². The molecule has 1 atom stereocenters. The molecule has 1 heterocycles. The van der Waals surface area contributed by atoms with Crippen LogP contribution in [0.25, 0.3) is 5.70 Å². The van der Waals surface area contributed by atoms with Gasteiger partial charge in [0.1, 0.15) is 5.82 Å². The van der Waals surface area contributed by atoms with Gasteiger partial charge in [-0.1, -0.05) is 49.0 Å². The van der Waals surface area contributed by atoms with E-state index in [2.05, 4.69) is 11.5 Å². The summed E-state index contributed by atoms with van der Waals surface area (Å²) in [7, 11) is 0. The third kappa shape index (κ3) is 3.50. The van der Waals surface area contributed by atoms with Crippen LogP contribution >= 0.6 is 0 Å². The van der Waals surface area contributed by atoms with Crippen LogP contribution in [0.1, 0.15) is 28.8 Å². The molecule has 0 radical (unpaired) electrons. The Kier molecular flexibility index (Phi) is 4.56. The Morgan fingerprint density at radius 2 is 1.74 bits per heavy atom. The molecule has 1 unspecified atom stereocenters. The van der Waals surface area contributed by atoms with Crippen molar-refractivity contribution in [3.8, 4) is 0 Å². The minimum Gasteiger partial charge on any atom is -0.371 e. The molecule has 3 heteroatoms. The highest BCUT2D eigenvalue weighted by molar-refractivity contribution is 5.98. The van der Waals surface area contributed by atoms with Gasteiger partial charge in [-0.05, 0) is 30.5 Å². The predicted octanol–water partition coefficient (Wildman–Crippen LogP) is 4.39. The molecule has 1 aliphatic heterocycles. The molecule has 0 spiro atoms. The Labute approximate surface area is 136 Å². The largest absolute Gasteiger partial charge is 0.371 e. The van der Waals surface area contributed by atoms with E-state index in [1.807, 2.05) is 30.3 Å². The van der Waals surface area contributed by atoms with Crippen molar-refractivity contribution in [1.82, 2.24) is 4.90 Å². The number of piperidine rings is 1. The van der Waals surface area contributed by atoms with Crippen molar-refractivity contribution >= 4 is 11.5 Å². The fourth-order valence-corrected chi connectivity index (χ4v) is 3.10. The Hall–Kier alpha value is -2.42. The number of hydrogen-bond donors (Lipinski definition) is 0. The van der Waals surface area contributed by atoms with Crippen LogP contribution in [0.5, 0.6) is 0 Å². The Morgan fingerprint density at radius 3 is 2.43 bits per heavy atom. The van der Waals surface area contributed by atoms with Crippen molar-refractivity contribution in [1.29, 1.82) is 0 Å². The monoisotopic (exact) mass is 309 g/mol. The SMILES string of the molecule is C=C(c1ccc(F)cc1)N1CCCC(C(=O)c2ccccc2)C1. The van der Waals surface area contributed by atoms with Crippen molar-refractivity contribution in [2.45, 2.75) is 12.8 Å². The van der Waals surface area contributed by atoms with Gasteiger partial charge >= 0.3 is 0 Å². The standard InChI is InChI=1S/C20H20FNO/c1-15(16-9-11-19(21)12-10-16)22-13-5-8-18(14-22)20(23)17-6-3-2-4-7-17/h2-4,6-7,9-12,18H,1,5,8,13-14H2. The third-order valence-corrected chi connectivity index (χ3v) is 4.41. The van der Waals surface area contributed by atoms with Crippen LogP contribution in [0, 0.1) is 11.7 Å². The van der Waals surface area contributed by atoms with Gasteiger partial charge < -0.3 is 4.90 Å². The molecule has 1 aliphatic rings. The van der Waals surface area contributed by atoms with Crippen molar-refractivity contribution in [2.75, 3.05) is 13.1 Å². The summed E-state index contributed by atoms with van der Waals surface area (Å²) < 4.78 is 13.1.